The van der Waals surface area contributed by atoms with Gasteiger partial charge in [-0.05, 0) is 13.3 Å². The molecule has 5 heteroatoms. The summed E-state index contributed by atoms with van der Waals surface area (Å²) < 4.78 is 14.7. The molecule has 0 rings (SSSR count). The number of carbonyl (C=O) groups is 2. The largest absolute Gasteiger partial charge is 0.464 e. The first-order valence-electron chi connectivity index (χ1n) is 10.1. The second-order valence-electron chi connectivity index (χ2n) is 6.41. The van der Waals surface area contributed by atoms with Gasteiger partial charge in [-0.3, -0.25) is 0 Å². The number of ether oxygens (including phenoxy) is 3. The van der Waals surface area contributed by atoms with E-state index in [4.69, 9.17) is 9.47 Å². The third kappa shape index (κ3) is 19.1. The van der Waals surface area contributed by atoms with Gasteiger partial charge in [-0.25, -0.2) is 9.59 Å². The van der Waals surface area contributed by atoms with Crippen molar-refractivity contribution in [2.24, 2.45) is 0 Å². The molecule has 0 fully saturated rings. The molecule has 0 aliphatic heterocycles. The van der Waals surface area contributed by atoms with Gasteiger partial charge in [-0.15, -0.1) is 0 Å². The van der Waals surface area contributed by atoms with Gasteiger partial charge in [-0.2, -0.15) is 0 Å². The fourth-order valence-corrected chi connectivity index (χ4v) is 2.59. The number of carbonyl (C=O) groups excluding carboxylic acids is 2. The average Bonchev–Trinajstić information content (AvgIpc) is 2.59. The summed E-state index contributed by atoms with van der Waals surface area (Å²) in [6.45, 7) is 4.31. The molecule has 0 unspecified atom stereocenters. The van der Waals surface area contributed by atoms with Gasteiger partial charge in [0.25, 0.3) is 0 Å². The minimum atomic E-state index is -0.462. The summed E-state index contributed by atoms with van der Waals surface area (Å²) in [5.41, 5.74) is 0. The Morgan fingerprint density at radius 1 is 0.600 bits per heavy atom. The van der Waals surface area contributed by atoms with Crippen LogP contribution >= 0.6 is 0 Å². The highest BCUT2D eigenvalue weighted by molar-refractivity contribution is 5.73. The molecule has 0 saturated carbocycles. The number of esters is 2. The molecule has 0 aliphatic carbocycles. The Hall–Kier alpha value is -1.10. The van der Waals surface area contributed by atoms with E-state index in [0.717, 1.165) is 12.8 Å². The smallest absolute Gasteiger partial charge is 0.332 e. The summed E-state index contributed by atoms with van der Waals surface area (Å²) in [6.07, 6.45) is 15.3. The van der Waals surface area contributed by atoms with Crippen LogP contribution in [0.1, 0.15) is 90.9 Å². The molecule has 0 amide bonds. The number of unbranched alkanes of at least 4 members (excludes halogenated alkanes) is 11. The van der Waals surface area contributed by atoms with Gasteiger partial charge in [0.2, 0.25) is 0 Å². The normalized spacial score (nSPS) is 10.6. The van der Waals surface area contributed by atoms with Crippen LogP contribution in [0.15, 0.2) is 0 Å². The van der Waals surface area contributed by atoms with Crippen molar-refractivity contribution in [2.45, 2.75) is 90.9 Å². The van der Waals surface area contributed by atoms with Crippen LogP contribution in [0.3, 0.4) is 0 Å². The quantitative estimate of drug-likeness (QED) is 0.260. The van der Waals surface area contributed by atoms with E-state index in [0.29, 0.717) is 13.2 Å². The predicted octanol–water partition coefficient (Wildman–Crippen LogP) is 4.81. The molecular formula is C20H38O5. The number of hydrogen-bond donors (Lipinski definition) is 0. The molecule has 0 aliphatic rings. The summed E-state index contributed by atoms with van der Waals surface area (Å²) in [4.78, 5) is 22.4. The highest BCUT2D eigenvalue weighted by atomic mass is 16.6. The molecule has 0 N–H and O–H groups in total. The van der Waals surface area contributed by atoms with Gasteiger partial charge in [0.1, 0.15) is 13.2 Å². The molecule has 25 heavy (non-hydrogen) atoms. The van der Waals surface area contributed by atoms with Crippen molar-refractivity contribution < 1.29 is 23.8 Å². The third-order valence-corrected chi connectivity index (χ3v) is 4.01. The Bertz CT molecular complexity index is 317. The predicted molar refractivity (Wildman–Crippen MR) is 99.5 cm³/mol. The van der Waals surface area contributed by atoms with Crippen molar-refractivity contribution in [2.75, 3.05) is 26.4 Å². The molecule has 5 nitrogen and oxygen atoms in total. The van der Waals surface area contributed by atoms with E-state index in [-0.39, 0.29) is 13.2 Å². The fourth-order valence-electron chi connectivity index (χ4n) is 2.59. The SMILES string of the molecule is CCCCCCCCCCCCCCOC(=O)COCC(=O)OCC. The fraction of sp³-hybridized carbons (Fsp3) is 0.900. The minimum Gasteiger partial charge on any atom is -0.464 e. The standard InChI is InChI=1S/C20H38O5/c1-3-5-6-7-8-9-10-11-12-13-14-15-16-25-20(22)18-23-17-19(21)24-4-2/h3-18H2,1-2H3. The topological polar surface area (TPSA) is 61.8 Å². The first kappa shape index (κ1) is 23.9. The van der Waals surface area contributed by atoms with Crippen LogP contribution in [0.5, 0.6) is 0 Å². The first-order chi connectivity index (χ1) is 12.2. The summed E-state index contributed by atoms with van der Waals surface area (Å²) in [6, 6.07) is 0. The lowest BCUT2D eigenvalue weighted by atomic mass is 10.1. The van der Waals surface area contributed by atoms with Crippen molar-refractivity contribution in [1.82, 2.24) is 0 Å². The van der Waals surface area contributed by atoms with E-state index < -0.39 is 11.9 Å². The summed E-state index contributed by atoms with van der Waals surface area (Å²) >= 11 is 0. The number of rotatable bonds is 18. The lowest BCUT2D eigenvalue weighted by Gasteiger charge is -2.06. The van der Waals surface area contributed by atoms with E-state index in [2.05, 4.69) is 11.7 Å². The molecule has 0 aromatic rings. The molecule has 0 heterocycles. The van der Waals surface area contributed by atoms with Crippen molar-refractivity contribution in [3.8, 4) is 0 Å². The van der Waals surface area contributed by atoms with E-state index in [9.17, 15) is 9.59 Å². The van der Waals surface area contributed by atoms with Crippen molar-refractivity contribution in [1.29, 1.82) is 0 Å². The van der Waals surface area contributed by atoms with Crippen LogP contribution in [-0.2, 0) is 23.8 Å². The van der Waals surface area contributed by atoms with Crippen LogP contribution in [0.25, 0.3) is 0 Å². The second kappa shape index (κ2) is 19.2. The molecule has 0 atom stereocenters. The molecule has 0 aromatic heterocycles. The zero-order chi connectivity index (χ0) is 18.6. The molecule has 0 bridgehead atoms. The lowest BCUT2D eigenvalue weighted by molar-refractivity contribution is -0.155. The second-order valence-corrected chi connectivity index (χ2v) is 6.41. The summed E-state index contributed by atoms with van der Waals surface area (Å²) in [5.74, 6) is -0.886. The zero-order valence-electron chi connectivity index (χ0n) is 16.4. The zero-order valence-corrected chi connectivity index (χ0v) is 16.4. The van der Waals surface area contributed by atoms with E-state index in [1.807, 2.05) is 0 Å². The monoisotopic (exact) mass is 358 g/mol. The van der Waals surface area contributed by atoms with Gasteiger partial charge < -0.3 is 14.2 Å². The van der Waals surface area contributed by atoms with Crippen LogP contribution in [-0.4, -0.2) is 38.4 Å². The first-order valence-corrected chi connectivity index (χ1v) is 10.1. The van der Waals surface area contributed by atoms with Gasteiger partial charge >= 0.3 is 11.9 Å². The molecule has 0 radical (unpaired) electrons. The van der Waals surface area contributed by atoms with E-state index >= 15 is 0 Å². The van der Waals surface area contributed by atoms with Crippen molar-refractivity contribution >= 4 is 11.9 Å². The maximum atomic E-state index is 11.4. The van der Waals surface area contributed by atoms with Gasteiger partial charge in [0.15, 0.2) is 0 Å². The average molecular weight is 359 g/mol. The van der Waals surface area contributed by atoms with Crippen molar-refractivity contribution in [3.63, 3.8) is 0 Å². The maximum absolute atomic E-state index is 11.4. The molecule has 0 spiro atoms. The number of hydrogen-bond acceptors (Lipinski definition) is 5. The summed E-state index contributed by atoms with van der Waals surface area (Å²) in [7, 11) is 0. The van der Waals surface area contributed by atoms with Crippen LogP contribution in [0, 0.1) is 0 Å². The van der Waals surface area contributed by atoms with E-state index in [1.54, 1.807) is 6.92 Å². The molecule has 0 saturated heterocycles. The Kier molecular flexibility index (Phi) is 18.4. The van der Waals surface area contributed by atoms with Crippen LogP contribution < -0.4 is 0 Å². The summed E-state index contributed by atoms with van der Waals surface area (Å²) in [5, 5.41) is 0. The highest BCUT2D eigenvalue weighted by Gasteiger charge is 2.06. The Morgan fingerprint density at radius 3 is 1.52 bits per heavy atom. The van der Waals surface area contributed by atoms with Gasteiger partial charge in [-0.1, -0.05) is 77.6 Å². The van der Waals surface area contributed by atoms with Gasteiger partial charge in [0.05, 0.1) is 13.2 Å². The van der Waals surface area contributed by atoms with Crippen LogP contribution in [0.4, 0.5) is 0 Å². The molecular weight excluding hydrogens is 320 g/mol. The highest BCUT2D eigenvalue weighted by Crippen LogP contribution is 2.11. The molecule has 148 valence electrons. The Balaban J connectivity index is 3.19. The Morgan fingerprint density at radius 2 is 1.04 bits per heavy atom. The molecule has 0 aromatic carbocycles. The Labute approximate surface area is 153 Å². The van der Waals surface area contributed by atoms with Crippen LogP contribution in [0.2, 0.25) is 0 Å². The van der Waals surface area contributed by atoms with Gasteiger partial charge in [0, 0.05) is 0 Å². The van der Waals surface area contributed by atoms with Crippen molar-refractivity contribution in [3.05, 3.63) is 0 Å². The minimum absolute atomic E-state index is 0.197. The van der Waals surface area contributed by atoms with E-state index in [1.165, 1.54) is 64.2 Å². The maximum Gasteiger partial charge on any atom is 0.332 e. The third-order valence-electron chi connectivity index (χ3n) is 4.01. The lowest BCUT2D eigenvalue weighted by Crippen LogP contribution is -2.18.